The Balaban J connectivity index is 1.43. The van der Waals surface area contributed by atoms with Crippen molar-refractivity contribution in [2.45, 2.75) is 26.5 Å². The molecule has 0 fully saturated rings. The van der Waals surface area contributed by atoms with Gasteiger partial charge in [0.15, 0.2) is 0 Å². The van der Waals surface area contributed by atoms with Gasteiger partial charge in [-0.25, -0.2) is 0 Å². The zero-order chi connectivity index (χ0) is 22.0. The van der Waals surface area contributed by atoms with Crippen LogP contribution in [-0.4, -0.2) is 46.7 Å². The van der Waals surface area contributed by atoms with Crippen LogP contribution in [0.3, 0.4) is 0 Å². The van der Waals surface area contributed by atoms with Crippen LogP contribution in [0.1, 0.15) is 11.1 Å². The maximum atomic E-state index is 12.5. The molecule has 0 aliphatic heterocycles. The topological polar surface area (TPSA) is 57.5 Å². The molecule has 1 amide bonds. The van der Waals surface area contributed by atoms with E-state index in [-0.39, 0.29) is 12.5 Å². The molecule has 1 heterocycles. The summed E-state index contributed by atoms with van der Waals surface area (Å²) < 4.78 is 2.17. The predicted molar refractivity (Wildman–Crippen MR) is 127 cm³/mol. The van der Waals surface area contributed by atoms with Crippen molar-refractivity contribution in [3.05, 3.63) is 77.9 Å². The summed E-state index contributed by atoms with van der Waals surface area (Å²) in [6.45, 7) is 5.07. The zero-order valence-corrected chi connectivity index (χ0v) is 18.3. The van der Waals surface area contributed by atoms with Crippen molar-refractivity contribution >= 4 is 33.4 Å². The van der Waals surface area contributed by atoms with Gasteiger partial charge in [0, 0.05) is 34.0 Å². The number of aliphatic hydroxyl groups excluding tert-OH is 1. The number of aryl methyl sites for hydroxylation is 2. The Kier molecular flexibility index (Phi) is 6.07. The Morgan fingerprint density at radius 2 is 1.48 bits per heavy atom. The molecule has 1 aromatic heterocycles. The number of rotatable bonds is 7. The Bertz CT molecular complexity index is 1150. The van der Waals surface area contributed by atoms with Gasteiger partial charge in [0.05, 0.1) is 19.2 Å². The van der Waals surface area contributed by atoms with Gasteiger partial charge in [-0.1, -0.05) is 54.6 Å². The minimum absolute atomic E-state index is 0.0797. The number of benzene rings is 3. The van der Waals surface area contributed by atoms with Crippen molar-refractivity contribution in [1.29, 1.82) is 0 Å². The number of carbonyl (C=O) groups excluding carboxylic acids is 1. The van der Waals surface area contributed by atoms with E-state index in [0.29, 0.717) is 13.1 Å². The van der Waals surface area contributed by atoms with Gasteiger partial charge in [-0.3, -0.25) is 9.69 Å². The lowest BCUT2D eigenvalue weighted by molar-refractivity contribution is -0.117. The Hall–Kier alpha value is -3.15. The second kappa shape index (κ2) is 8.92. The molecule has 160 valence electrons. The number of hydrogen-bond donors (Lipinski definition) is 2. The van der Waals surface area contributed by atoms with Crippen LogP contribution in [0.5, 0.6) is 0 Å². The first-order valence-electron chi connectivity index (χ1n) is 10.6. The first-order valence-corrected chi connectivity index (χ1v) is 10.6. The van der Waals surface area contributed by atoms with E-state index < -0.39 is 6.10 Å². The molecule has 0 saturated carbocycles. The molecule has 31 heavy (non-hydrogen) atoms. The smallest absolute Gasteiger partial charge is 0.238 e. The largest absolute Gasteiger partial charge is 0.390 e. The molecule has 0 aliphatic rings. The van der Waals surface area contributed by atoms with E-state index in [1.54, 1.807) is 0 Å². The molecule has 0 saturated heterocycles. The van der Waals surface area contributed by atoms with Crippen molar-refractivity contribution in [1.82, 2.24) is 9.47 Å². The van der Waals surface area contributed by atoms with Gasteiger partial charge in [-0.15, -0.1) is 0 Å². The van der Waals surface area contributed by atoms with Crippen LogP contribution in [0.25, 0.3) is 21.8 Å². The highest BCUT2D eigenvalue weighted by Gasteiger charge is 2.16. The average Bonchev–Trinajstić information content (AvgIpc) is 3.05. The molecular formula is C26H29N3O2. The normalized spacial score (nSPS) is 12.5. The molecule has 0 aliphatic carbocycles. The van der Waals surface area contributed by atoms with Crippen LogP contribution in [-0.2, 0) is 11.3 Å². The standard InChI is InChI=1S/C26H29N3O2/c1-18-9-8-10-19(2)26(18)27-25(31)17-28(3)15-20(30)16-29-23-13-6-4-11-21(23)22-12-5-7-14-24(22)29/h4-14,20,30H,15-17H2,1-3H3,(H,27,31). The van der Waals surface area contributed by atoms with Gasteiger partial charge in [0.25, 0.3) is 0 Å². The van der Waals surface area contributed by atoms with E-state index in [1.165, 1.54) is 10.8 Å². The summed E-state index contributed by atoms with van der Waals surface area (Å²) in [5.41, 5.74) is 5.17. The molecule has 0 bridgehead atoms. The Morgan fingerprint density at radius 3 is 2.06 bits per heavy atom. The third-order valence-electron chi connectivity index (χ3n) is 5.75. The molecule has 1 atom stereocenters. The quantitative estimate of drug-likeness (QED) is 0.472. The van der Waals surface area contributed by atoms with Crippen molar-refractivity contribution in [2.75, 3.05) is 25.5 Å². The molecule has 5 nitrogen and oxygen atoms in total. The highest BCUT2D eigenvalue weighted by molar-refractivity contribution is 6.07. The first-order chi connectivity index (χ1) is 14.9. The van der Waals surface area contributed by atoms with Gasteiger partial charge < -0.3 is 15.0 Å². The molecule has 2 N–H and O–H groups in total. The first kappa shape index (κ1) is 21.1. The van der Waals surface area contributed by atoms with Crippen molar-refractivity contribution in [3.8, 4) is 0 Å². The van der Waals surface area contributed by atoms with Gasteiger partial charge in [-0.05, 0) is 44.2 Å². The molecule has 0 spiro atoms. The average molecular weight is 416 g/mol. The van der Waals surface area contributed by atoms with Crippen LogP contribution in [0.2, 0.25) is 0 Å². The minimum atomic E-state index is -0.600. The number of hydrogen-bond acceptors (Lipinski definition) is 3. The van der Waals surface area contributed by atoms with E-state index in [4.69, 9.17) is 0 Å². The summed E-state index contributed by atoms with van der Waals surface area (Å²) in [5, 5.41) is 16.2. The van der Waals surface area contributed by atoms with E-state index in [1.807, 2.05) is 68.3 Å². The number of carbonyl (C=O) groups is 1. The molecule has 4 aromatic rings. The molecular weight excluding hydrogens is 386 g/mol. The number of anilines is 1. The number of fused-ring (bicyclic) bond motifs is 3. The number of aromatic nitrogens is 1. The van der Waals surface area contributed by atoms with E-state index in [2.05, 4.69) is 34.1 Å². The zero-order valence-electron chi connectivity index (χ0n) is 18.3. The summed E-state index contributed by atoms with van der Waals surface area (Å²) in [6, 6.07) is 22.5. The fourth-order valence-electron chi connectivity index (χ4n) is 4.33. The second-order valence-electron chi connectivity index (χ2n) is 8.31. The Labute approximate surface area is 182 Å². The van der Waals surface area contributed by atoms with E-state index in [0.717, 1.165) is 27.8 Å². The van der Waals surface area contributed by atoms with Gasteiger partial charge >= 0.3 is 0 Å². The SMILES string of the molecule is Cc1cccc(C)c1NC(=O)CN(C)CC(O)Cn1c2ccccc2c2ccccc21. The van der Waals surface area contributed by atoms with E-state index in [9.17, 15) is 9.90 Å². The summed E-state index contributed by atoms with van der Waals surface area (Å²) in [7, 11) is 1.86. The fourth-order valence-corrected chi connectivity index (χ4v) is 4.33. The van der Waals surface area contributed by atoms with Crippen molar-refractivity contribution in [3.63, 3.8) is 0 Å². The number of nitrogens with one attached hydrogen (secondary N) is 1. The lowest BCUT2D eigenvalue weighted by Gasteiger charge is -2.22. The summed E-state index contributed by atoms with van der Waals surface area (Å²) >= 11 is 0. The van der Waals surface area contributed by atoms with Crippen LogP contribution in [0, 0.1) is 13.8 Å². The van der Waals surface area contributed by atoms with Crippen LogP contribution < -0.4 is 5.32 Å². The second-order valence-corrected chi connectivity index (χ2v) is 8.31. The van der Waals surface area contributed by atoms with Gasteiger partial charge in [0.2, 0.25) is 5.91 Å². The summed E-state index contributed by atoms with van der Waals surface area (Å²) in [4.78, 5) is 14.4. The number of aliphatic hydroxyl groups is 1. The minimum Gasteiger partial charge on any atom is -0.390 e. The highest BCUT2D eigenvalue weighted by Crippen LogP contribution is 2.28. The molecule has 1 unspecified atom stereocenters. The summed E-state index contributed by atoms with van der Waals surface area (Å²) in [6.07, 6.45) is -0.600. The number of amides is 1. The highest BCUT2D eigenvalue weighted by atomic mass is 16.3. The maximum absolute atomic E-state index is 12.5. The Morgan fingerprint density at radius 1 is 0.935 bits per heavy atom. The van der Waals surface area contributed by atoms with Crippen LogP contribution in [0.4, 0.5) is 5.69 Å². The molecule has 3 aromatic carbocycles. The maximum Gasteiger partial charge on any atom is 0.238 e. The lowest BCUT2D eigenvalue weighted by atomic mass is 10.1. The number of nitrogens with zero attached hydrogens (tertiary/aromatic N) is 2. The third-order valence-corrected chi connectivity index (χ3v) is 5.75. The van der Waals surface area contributed by atoms with Gasteiger partial charge in [0.1, 0.15) is 0 Å². The van der Waals surface area contributed by atoms with Crippen LogP contribution >= 0.6 is 0 Å². The lowest BCUT2D eigenvalue weighted by Crippen LogP contribution is -2.37. The molecule has 0 radical (unpaired) electrons. The van der Waals surface area contributed by atoms with Crippen molar-refractivity contribution < 1.29 is 9.90 Å². The molecule has 4 rings (SSSR count). The number of para-hydroxylation sites is 3. The fraction of sp³-hybridized carbons (Fsp3) is 0.269. The predicted octanol–water partition coefficient (Wildman–Crippen LogP) is 4.34. The summed E-state index contributed by atoms with van der Waals surface area (Å²) in [5.74, 6) is -0.0797. The monoisotopic (exact) mass is 415 g/mol. The van der Waals surface area contributed by atoms with Crippen LogP contribution in [0.15, 0.2) is 66.7 Å². The third kappa shape index (κ3) is 4.48. The number of likely N-dealkylation sites (N-methyl/N-ethyl adjacent to an activating group) is 1. The van der Waals surface area contributed by atoms with E-state index >= 15 is 0 Å². The molecule has 5 heteroatoms. The van der Waals surface area contributed by atoms with Gasteiger partial charge in [-0.2, -0.15) is 0 Å². The van der Waals surface area contributed by atoms with Crippen molar-refractivity contribution in [2.24, 2.45) is 0 Å².